The van der Waals surface area contributed by atoms with Gasteiger partial charge >= 0.3 is 5.97 Å². The number of rotatable bonds is 4. The molecule has 0 atom stereocenters. The number of aryl methyl sites for hydroxylation is 1. The van der Waals surface area contributed by atoms with E-state index in [1.54, 1.807) is 12.1 Å². The normalized spacial score (nSPS) is 10.3. The minimum absolute atomic E-state index is 0.394. The molecule has 0 aromatic carbocycles. The van der Waals surface area contributed by atoms with Crippen molar-refractivity contribution < 1.29 is 13.9 Å². The molecule has 0 saturated heterocycles. The molecular weight excluding hydrogens is 268 g/mol. The fourth-order valence-electron chi connectivity index (χ4n) is 1.60. The van der Waals surface area contributed by atoms with Gasteiger partial charge in [-0.25, -0.2) is 9.78 Å². The predicted octanol–water partition coefficient (Wildman–Crippen LogP) is 3.04. The van der Waals surface area contributed by atoms with E-state index in [4.69, 9.17) is 16.0 Å². The van der Waals surface area contributed by atoms with Crippen LogP contribution < -0.4 is 5.32 Å². The Kier molecular flexibility index (Phi) is 4.06. The molecule has 0 spiro atoms. The topological polar surface area (TPSA) is 64.4 Å². The van der Waals surface area contributed by atoms with Gasteiger partial charge in [0.05, 0.1) is 30.6 Å². The van der Waals surface area contributed by atoms with Gasteiger partial charge in [-0.05, 0) is 25.1 Å². The third-order valence-corrected chi connectivity index (χ3v) is 2.79. The molecule has 6 heteroatoms. The van der Waals surface area contributed by atoms with Crippen LogP contribution in [-0.2, 0) is 11.3 Å². The van der Waals surface area contributed by atoms with Crippen LogP contribution in [0.1, 0.15) is 21.8 Å². The Bertz CT molecular complexity index is 595. The molecular formula is C13H13ClN2O3. The highest BCUT2D eigenvalue weighted by molar-refractivity contribution is 6.29. The number of furan rings is 1. The number of hydrogen-bond donors (Lipinski definition) is 1. The summed E-state index contributed by atoms with van der Waals surface area (Å²) < 4.78 is 9.86. The number of carbonyl (C=O) groups is 1. The zero-order valence-electron chi connectivity index (χ0n) is 10.6. The van der Waals surface area contributed by atoms with Crippen molar-refractivity contribution in [2.24, 2.45) is 0 Å². The predicted molar refractivity (Wildman–Crippen MR) is 71.4 cm³/mol. The second-order valence-electron chi connectivity index (χ2n) is 3.91. The summed E-state index contributed by atoms with van der Waals surface area (Å²) >= 11 is 5.78. The number of nitrogens with one attached hydrogen (secondary N) is 1. The second kappa shape index (κ2) is 5.75. The first-order valence-electron chi connectivity index (χ1n) is 5.63. The Morgan fingerprint density at radius 2 is 2.32 bits per heavy atom. The van der Waals surface area contributed by atoms with Crippen molar-refractivity contribution in [3.8, 4) is 0 Å². The average molecular weight is 281 g/mol. The Balaban J connectivity index is 2.02. The molecule has 2 heterocycles. The third kappa shape index (κ3) is 3.26. The van der Waals surface area contributed by atoms with Crippen molar-refractivity contribution in [1.82, 2.24) is 4.98 Å². The molecule has 0 bridgehead atoms. The lowest BCUT2D eigenvalue weighted by atomic mass is 10.3. The number of esters is 1. The van der Waals surface area contributed by atoms with Crippen molar-refractivity contribution in [2.45, 2.75) is 13.5 Å². The standard InChI is InChI=1S/C13H13ClN2O3/c1-8-11(3-4-12(14)16-8)15-6-10-5-9(7-19-10)13(17)18-2/h3-5,7,15H,6H2,1-2H3. The van der Waals surface area contributed by atoms with Gasteiger partial charge in [0, 0.05) is 0 Å². The molecule has 19 heavy (non-hydrogen) atoms. The van der Waals surface area contributed by atoms with Gasteiger partial charge in [-0.3, -0.25) is 0 Å². The van der Waals surface area contributed by atoms with E-state index >= 15 is 0 Å². The monoisotopic (exact) mass is 280 g/mol. The summed E-state index contributed by atoms with van der Waals surface area (Å²) in [5.74, 6) is 0.217. The summed E-state index contributed by atoms with van der Waals surface area (Å²) in [5, 5.41) is 3.61. The Labute approximate surface area is 115 Å². The van der Waals surface area contributed by atoms with Gasteiger partial charge in [0.1, 0.15) is 17.2 Å². The van der Waals surface area contributed by atoms with Gasteiger partial charge in [0.25, 0.3) is 0 Å². The van der Waals surface area contributed by atoms with Crippen LogP contribution in [0.25, 0.3) is 0 Å². The molecule has 5 nitrogen and oxygen atoms in total. The van der Waals surface area contributed by atoms with E-state index in [1.807, 2.05) is 13.0 Å². The van der Waals surface area contributed by atoms with Crippen LogP contribution in [0, 0.1) is 6.92 Å². The second-order valence-corrected chi connectivity index (χ2v) is 4.30. The molecule has 0 aliphatic carbocycles. The zero-order chi connectivity index (χ0) is 13.8. The summed E-state index contributed by atoms with van der Waals surface area (Å²) in [6.45, 7) is 2.30. The lowest BCUT2D eigenvalue weighted by Gasteiger charge is -2.07. The molecule has 0 unspecified atom stereocenters. The summed E-state index contributed by atoms with van der Waals surface area (Å²) in [6, 6.07) is 5.19. The first kappa shape index (κ1) is 13.4. The molecule has 1 N–H and O–H groups in total. The smallest absolute Gasteiger partial charge is 0.341 e. The van der Waals surface area contributed by atoms with Gasteiger partial charge in [-0.2, -0.15) is 0 Å². The van der Waals surface area contributed by atoms with Gasteiger partial charge in [0.15, 0.2) is 0 Å². The Hall–Kier alpha value is -2.01. The Morgan fingerprint density at radius 1 is 1.53 bits per heavy atom. The van der Waals surface area contributed by atoms with E-state index in [2.05, 4.69) is 15.0 Å². The SMILES string of the molecule is COC(=O)c1coc(CNc2ccc(Cl)nc2C)c1. The number of nitrogens with zero attached hydrogens (tertiary/aromatic N) is 1. The maximum Gasteiger partial charge on any atom is 0.341 e. The van der Waals surface area contributed by atoms with E-state index in [0.29, 0.717) is 23.0 Å². The van der Waals surface area contributed by atoms with Crippen LogP contribution in [-0.4, -0.2) is 18.1 Å². The molecule has 100 valence electrons. The van der Waals surface area contributed by atoms with E-state index in [0.717, 1.165) is 11.4 Å². The fourth-order valence-corrected chi connectivity index (χ4v) is 1.79. The van der Waals surface area contributed by atoms with Crippen molar-refractivity contribution in [3.05, 3.63) is 46.6 Å². The number of methoxy groups -OCH3 is 1. The molecule has 0 aliphatic heterocycles. The maximum atomic E-state index is 11.3. The first-order chi connectivity index (χ1) is 9.10. The van der Waals surface area contributed by atoms with Gasteiger partial charge in [0.2, 0.25) is 0 Å². The van der Waals surface area contributed by atoms with E-state index in [9.17, 15) is 4.79 Å². The summed E-state index contributed by atoms with van der Waals surface area (Å²) in [5.41, 5.74) is 2.05. The highest BCUT2D eigenvalue weighted by Crippen LogP contribution is 2.17. The fraction of sp³-hybridized carbons (Fsp3) is 0.231. The van der Waals surface area contributed by atoms with Gasteiger partial charge < -0.3 is 14.5 Å². The molecule has 2 aromatic heterocycles. The number of hydrogen-bond acceptors (Lipinski definition) is 5. The first-order valence-corrected chi connectivity index (χ1v) is 6.00. The number of aromatic nitrogens is 1. The van der Waals surface area contributed by atoms with Crippen LogP contribution in [0.4, 0.5) is 5.69 Å². The highest BCUT2D eigenvalue weighted by atomic mass is 35.5. The molecule has 0 fully saturated rings. The molecule has 0 amide bonds. The summed E-state index contributed by atoms with van der Waals surface area (Å²) in [6.07, 6.45) is 1.37. The van der Waals surface area contributed by atoms with Crippen molar-refractivity contribution in [3.63, 3.8) is 0 Å². The van der Waals surface area contributed by atoms with Gasteiger partial charge in [-0.15, -0.1) is 0 Å². The lowest BCUT2D eigenvalue weighted by Crippen LogP contribution is -2.02. The van der Waals surface area contributed by atoms with Crippen LogP contribution in [0.2, 0.25) is 5.15 Å². The van der Waals surface area contributed by atoms with Crippen LogP contribution >= 0.6 is 11.6 Å². The number of pyridine rings is 1. The third-order valence-electron chi connectivity index (χ3n) is 2.58. The minimum atomic E-state index is -0.417. The van der Waals surface area contributed by atoms with Crippen molar-refractivity contribution in [1.29, 1.82) is 0 Å². The van der Waals surface area contributed by atoms with E-state index in [-0.39, 0.29) is 0 Å². The number of ether oxygens (including phenoxy) is 1. The molecule has 0 saturated carbocycles. The number of carbonyl (C=O) groups excluding carboxylic acids is 1. The van der Waals surface area contributed by atoms with E-state index in [1.165, 1.54) is 13.4 Å². The van der Waals surface area contributed by atoms with E-state index < -0.39 is 5.97 Å². The molecule has 0 aliphatic rings. The maximum absolute atomic E-state index is 11.3. The summed E-state index contributed by atoms with van der Waals surface area (Å²) in [7, 11) is 1.33. The Morgan fingerprint density at radius 3 is 3.00 bits per heavy atom. The minimum Gasteiger partial charge on any atom is -0.467 e. The molecule has 2 rings (SSSR count). The van der Waals surface area contributed by atoms with Crippen LogP contribution in [0.5, 0.6) is 0 Å². The average Bonchev–Trinajstić information content (AvgIpc) is 2.85. The quantitative estimate of drug-likeness (QED) is 0.689. The number of halogens is 1. The number of anilines is 1. The van der Waals surface area contributed by atoms with Gasteiger partial charge in [-0.1, -0.05) is 11.6 Å². The van der Waals surface area contributed by atoms with Crippen molar-refractivity contribution in [2.75, 3.05) is 12.4 Å². The van der Waals surface area contributed by atoms with Crippen molar-refractivity contribution >= 4 is 23.3 Å². The summed E-state index contributed by atoms with van der Waals surface area (Å²) in [4.78, 5) is 15.4. The zero-order valence-corrected chi connectivity index (χ0v) is 11.3. The van der Waals surface area contributed by atoms with Crippen LogP contribution in [0.3, 0.4) is 0 Å². The molecule has 0 radical (unpaired) electrons. The van der Waals surface area contributed by atoms with Crippen LogP contribution in [0.15, 0.2) is 28.9 Å². The lowest BCUT2D eigenvalue weighted by molar-refractivity contribution is 0.0600. The highest BCUT2D eigenvalue weighted by Gasteiger charge is 2.10. The largest absolute Gasteiger partial charge is 0.467 e. The molecule has 2 aromatic rings.